The summed E-state index contributed by atoms with van der Waals surface area (Å²) in [5, 5.41) is 0. The monoisotopic (exact) mass is 329 g/mol. The van der Waals surface area contributed by atoms with E-state index in [0.717, 1.165) is 35.0 Å². The number of piperidine rings is 1. The van der Waals surface area contributed by atoms with Crippen molar-refractivity contribution in [1.82, 2.24) is 4.90 Å². The van der Waals surface area contributed by atoms with Crippen molar-refractivity contribution >= 4 is 17.2 Å². The molecule has 3 rings (SSSR count). The van der Waals surface area contributed by atoms with Crippen LogP contribution in [0.2, 0.25) is 0 Å². The van der Waals surface area contributed by atoms with E-state index in [2.05, 4.69) is 4.90 Å². The summed E-state index contributed by atoms with van der Waals surface area (Å²) in [5.41, 5.74) is 1.87. The first-order chi connectivity index (χ1) is 11.2. The number of thiocarbonyl (C=S) groups is 1. The minimum absolute atomic E-state index is 0.242. The fraction of sp³-hybridized carbons (Fsp3) is 0.316. The number of likely N-dealkylation sites (tertiary alicyclic amines) is 1. The maximum absolute atomic E-state index is 13.1. The number of hydrogen-bond donors (Lipinski definition) is 0. The van der Waals surface area contributed by atoms with Crippen molar-refractivity contribution < 1.29 is 9.13 Å². The predicted molar refractivity (Wildman–Crippen MR) is 94.3 cm³/mol. The Labute approximate surface area is 141 Å². The van der Waals surface area contributed by atoms with Crippen LogP contribution >= 0.6 is 12.2 Å². The third-order valence-corrected chi connectivity index (χ3v) is 4.53. The van der Waals surface area contributed by atoms with Crippen LogP contribution < -0.4 is 4.74 Å². The summed E-state index contributed by atoms with van der Waals surface area (Å²) in [6.45, 7) is 2.46. The van der Waals surface area contributed by atoms with Crippen LogP contribution in [0.3, 0.4) is 0 Å². The molecule has 0 saturated carbocycles. The number of benzene rings is 2. The molecule has 0 radical (unpaired) electrons. The Kier molecular flexibility index (Phi) is 5.23. The minimum Gasteiger partial charge on any atom is -0.489 e. The average molecular weight is 329 g/mol. The van der Waals surface area contributed by atoms with Crippen LogP contribution in [0, 0.1) is 5.82 Å². The van der Waals surface area contributed by atoms with Gasteiger partial charge in [-0.05, 0) is 61.2 Å². The lowest BCUT2D eigenvalue weighted by Gasteiger charge is -2.29. The molecule has 4 heteroatoms. The van der Waals surface area contributed by atoms with Crippen molar-refractivity contribution in [3.05, 3.63) is 65.5 Å². The van der Waals surface area contributed by atoms with Gasteiger partial charge in [-0.3, -0.25) is 0 Å². The number of nitrogens with zero attached hydrogens (tertiary/aromatic N) is 1. The SMILES string of the molecule is Fc1cccc(COc2ccc(C(=S)N3CCCCC3)cc2)c1. The Morgan fingerprint density at radius 1 is 1.04 bits per heavy atom. The van der Waals surface area contributed by atoms with E-state index in [1.54, 1.807) is 6.07 Å². The van der Waals surface area contributed by atoms with Gasteiger partial charge in [0.05, 0.1) is 0 Å². The van der Waals surface area contributed by atoms with E-state index in [1.165, 1.54) is 31.4 Å². The van der Waals surface area contributed by atoms with Crippen LogP contribution in [-0.4, -0.2) is 23.0 Å². The maximum atomic E-state index is 13.1. The highest BCUT2D eigenvalue weighted by molar-refractivity contribution is 7.80. The first-order valence-electron chi connectivity index (χ1n) is 7.99. The van der Waals surface area contributed by atoms with Gasteiger partial charge in [0.15, 0.2) is 0 Å². The maximum Gasteiger partial charge on any atom is 0.123 e. The smallest absolute Gasteiger partial charge is 0.123 e. The molecule has 2 nitrogen and oxygen atoms in total. The van der Waals surface area contributed by atoms with Crippen LogP contribution in [-0.2, 0) is 6.61 Å². The Morgan fingerprint density at radius 2 is 1.78 bits per heavy atom. The molecule has 0 N–H and O–H groups in total. The summed E-state index contributed by atoms with van der Waals surface area (Å²) >= 11 is 5.58. The predicted octanol–water partition coefficient (Wildman–Crippen LogP) is 4.57. The highest BCUT2D eigenvalue weighted by Crippen LogP contribution is 2.18. The molecular weight excluding hydrogens is 309 g/mol. The molecule has 1 fully saturated rings. The lowest BCUT2D eigenvalue weighted by atomic mass is 10.1. The third kappa shape index (κ3) is 4.29. The molecule has 0 aromatic heterocycles. The van der Waals surface area contributed by atoms with Gasteiger partial charge in [-0.15, -0.1) is 0 Å². The first-order valence-corrected chi connectivity index (χ1v) is 8.40. The van der Waals surface area contributed by atoms with Gasteiger partial charge in [-0.25, -0.2) is 4.39 Å². The summed E-state index contributed by atoms with van der Waals surface area (Å²) in [6, 6.07) is 14.3. The number of ether oxygens (including phenoxy) is 1. The highest BCUT2D eigenvalue weighted by atomic mass is 32.1. The Balaban J connectivity index is 1.59. The van der Waals surface area contributed by atoms with Gasteiger partial charge < -0.3 is 9.64 Å². The summed E-state index contributed by atoms with van der Waals surface area (Å²) in [6.07, 6.45) is 3.73. The van der Waals surface area contributed by atoms with Crippen molar-refractivity contribution in [3.63, 3.8) is 0 Å². The second-order valence-corrected chi connectivity index (χ2v) is 6.18. The Morgan fingerprint density at radius 3 is 2.48 bits per heavy atom. The van der Waals surface area contributed by atoms with E-state index in [9.17, 15) is 4.39 Å². The van der Waals surface area contributed by atoms with Gasteiger partial charge in [-0.2, -0.15) is 0 Å². The van der Waals surface area contributed by atoms with E-state index in [1.807, 2.05) is 30.3 Å². The highest BCUT2D eigenvalue weighted by Gasteiger charge is 2.14. The molecule has 23 heavy (non-hydrogen) atoms. The van der Waals surface area contributed by atoms with Gasteiger partial charge in [0.25, 0.3) is 0 Å². The van der Waals surface area contributed by atoms with Gasteiger partial charge in [0.1, 0.15) is 23.2 Å². The lowest BCUT2D eigenvalue weighted by molar-refractivity contribution is 0.305. The topological polar surface area (TPSA) is 12.5 Å². The molecule has 2 aromatic carbocycles. The quantitative estimate of drug-likeness (QED) is 0.763. The molecule has 1 saturated heterocycles. The number of halogens is 1. The van der Waals surface area contributed by atoms with Crippen LogP contribution in [0.5, 0.6) is 5.75 Å². The third-order valence-electron chi connectivity index (χ3n) is 4.04. The second-order valence-electron chi connectivity index (χ2n) is 5.80. The molecule has 120 valence electrons. The zero-order valence-corrected chi connectivity index (χ0v) is 13.8. The van der Waals surface area contributed by atoms with Crippen molar-refractivity contribution in [3.8, 4) is 5.75 Å². The van der Waals surface area contributed by atoms with Gasteiger partial charge in [0.2, 0.25) is 0 Å². The second kappa shape index (κ2) is 7.55. The molecule has 1 aliphatic rings. The molecule has 0 bridgehead atoms. The molecule has 2 aromatic rings. The van der Waals surface area contributed by atoms with E-state index in [4.69, 9.17) is 17.0 Å². The van der Waals surface area contributed by atoms with E-state index in [0.29, 0.717) is 6.61 Å². The largest absolute Gasteiger partial charge is 0.489 e. The van der Waals surface area contributed by atoms with Crippen molar-refractivity contribution in [2.75, 3.05) is 13.1 Å². The van der Waals surface area contributed by atoms with Crippen LogP contribution in [0.4, 0.5) is 4.39 Å². The summed E-state index contributed by atoms with van der Waals surface area (Å²) in [5.74, 6) is 0.521. The summed E-state index contributed by atoms with van der Waals surface area (Å²) in [4.78, 5) is 3.20. The molecule has 0 amide bonds. The van der Waals surface area contributed by atoms with E-state index < -0.39 is 0 Å². The van der Waals surface area contributed by atoms with Gasteiger partial charge in [-0.1, -0.05) is 24.4 Å². The van der Waals surface area contributed by atoms with Crippen LogP contribution in [0.15, 0.2) is 48.5 Å². The fourth-order valence-corrected chi connectivity index (χ4v) is 3.09. The molecule has 1 aliphatic heterocycles. The average Bonchev–Trinajstić information content (AvgIpc) is 2.61. The van der Waals surface area contributed by atoms with E-state index >= 15 is 0 Å². The normalized spacial score (nSPS) is 14.6. The lowest BCUT2D eigenvalue weighted by Crippen LogP contribution is -2.34. The molecular formula is C19H20FNOS. The van der Waals surface area contributed by atoms with Crippen molar-refractivity contribution in [2.24, 2.45) is 0 Å². The van der Waals surface area contributed by atoms with Gasteiger partial charge >= 0.3 is 0 Å². The van der Waals surface area contributed by atoms with Gasteiger partial charge in [0, 0.05) is 18.7 Å². The summed E-state index contributed by atoms with van der Waals surface area (Å²) in [7, 11) is 0. The molecule has 0 spiro atoms. The Bertz CT molecular complexity index is 665. The molecule has 1 heterocycles. The molecule has 0 atom stereocenters. The first kappa shape index (κ1) is 15.9. The molecule has 0 aliphatic carbocycles. The zero-order valence-electron chi connectivity index (χ0n) is 13.0. The van der Waals surface area contributed by atoms with Crippen LogP contribution in [0.25, 0.3) is 0 Å². The number of hydrogen-bond acceptors (Lipinski definition) is 2. The van der Waals surface area contributed by atoms with Crippen LogP contribution in [0.1, 0.15) is 30.4 Å². The van der Waals surface area contributed by atoms with Crippen molar-refractivity contribution in [1.29, 1.82) is 0 Å². The fourth-order valence-electron chi connectivity index (χ4n) is 2.77. The standard InChI is InChI=1S/C19H20FNOS/c20-17-6-4-5-15(13-17)14-22-18-9-7-16(8-10-18)19(23)21-11-2-1-3-12-21/h4-10,13H,1-3,11-12,14H2. The number of rotatable bonds is 4. The molecule has 0 unspecified atom stereocenters. The summed E-state index contributed by atoms with van der Waals surface area (Å²) < 4.78 is 18.8. The van der Waals surface area contributed by atoms with Crippen molar-refractivity contribution in [2.45, 2.75) is 25.9 Å². The van der Waals surface area contributed by atoms with E-state index in [-0.39, 0.29) is 5.82 Å². The zero-order chi connectivity index (χ0) is 16.1. The minimum atomic E-state index is -0.242. The Hall–Kier alpha value is -1.94.